The first-order valence-electron chi connectivity index (χ1n) is 8.94. The molecule has 198 valence electrons. The Hall–Kier alpha value is -3.36. The monoisotopic (exact) mass is 566 g/mol. The molecular formula is C16H12F6N4O8S2. The summed E-state index contributed by atoms with van der Waals surface area (Å²) in [6.45, 7) is 0. The van der Waals surface area contributed by atoms with E-state index in [0.717, 1.165) is 33.7 Å². The number of hydrogen-bond acceptors (Lipinski definition) is 8. The van der Waals surface area contributed by atoms with Crippen LogP contribution >= 0.6 is 0 Å². The zero-order chi connectivity index (χ0) is 27.7. The maximum atomic E-state index is 13.2. The van der Waals surface area contributed by atoms with Crippen LogP contribution in [-0.2, 0) is 20.0 Å². The number of halogens is 6. The normalized spacial score (nSPS) is 14.7. The van der Waals surface area contributed by atoms with Gasteiger partial charge in [-0.3, -0.25) is 20.2 Å². The van der Waals surface area contributed by atoms with Gasteiger partial charge in [0.05, 0.1) is 21.9 Å². The second kappa shape index (κ2) is 9.95. The fraction of sp³-hybridized carbons (Fsp3) is 0.250. The maximum Gasteiger partial charge on any atom is 0.511 e. The van der Waals surface area contributed by atoms with E-state index in [1.165, 1.54) is 0 Å². The van der Waals surface area contributed by atoms with E-state index in [4.69, 9.17) is 0 Å². The Morgan fingerprint density at radius 1 is 0.639 bits per heavy atom. The minimum atomic E-state index is -6.52. The van der Waals surface area contributed by atoms with E-state index in [9.17, 15) is 63.4 Å². The highest BCUT2D eigenvalue weighted by atomic mass is 32.2. The molecule has 2 N–H and O–H groups in total. The molecule has 0 amide bonds. The molecule has 0 spiro atoms. The zero-order valence-corrected chi connectivity index (χ0v) is 18.7. The van der Waals surface area contributed by atoms with Crippen molar-refractivity contribution in [2.75, 3.05) is 0 Å². The number of rotatable bonds is 9. The topological polar surface area (TPSA) is 179 Å². The van der Waals surface area contributed by atoms with Crippen molar-refractivity contribution in [3.63, 3.8) is 0 Å². The highest BCUT2D eigenvalue weighted by Crippen LogP contribution is 2.41. The third-order valence-electron chi connectivity index (χ3n) is 4.44. The highest BCUT2D eigenvalue weighted by molar-refractivity contribution is 7.90. The molecule has 0 saturated heterocycles. The average Bonchev–Trinajstić information content (AvgIpc) is 2.74. The van der Waals surface area contributed by atoms with Crippen LogP contribution in [0, 0.1) is 20.2 Å². The quantitative estimate of drug-likeness (QED) is 0.264. The third kappa shape index (κ3) is 6.06. The lowest BCUT2D eigenvalue weighted by Gasteiger charge is -2.29. The lowest BCUT2D eigenvalue weighted by molar-refractivity contribution is -0.386. The second-order valence-corrected chi connectivity index (χ2v) is 10.1. The largest absolute Gasteiger partial charge is 0.511 e. The van der Waals surface area contributed by atoms with Gasteiger partial charge in [0.1, 0.15) is 0 Å². The van der Waals surface area contributed by atoms with E-state index in [0.29, 0.717) is 24.3 Å². The summed E-state index contributed by atoms with van der Waals surface area (Å²) in [5.74, 6) is 0. The summed E-state index contributed by atoms with van der Waals surface area (Å²) in [7, 11) is -13.0. The number of para-hydroxylation sites is 2. The van der Waals surface area contributed by atoms with Crippen molar-refractivity contribution < 1.29 is 53.0 Å². The number of nitrogens with one attached hydrogen (secondary N) is 2. The number of nitrogens with zero attached hydrogens (tertiary/aromatic N) is 2. The van der Waals surface area contributed by atoms with Gasteiger partial charge in [-0.05, 0) is 0 Å². The van der Waals surface area contributed by atoms with Gasteiger partial charge in [-0.15, -0.1) is 0 Å². The molecule has 0 aromatic heterocycles. The Morgan fingerprint density at radius 2 is 0.917 bits per heavy atom. The van der Waals surface area contributed by atoms with Crippen molar-refractivity contribution in [3.05, 3.63) is 79.9 Å². The SMILES string of the molecule is O=[N+]([O-])c1ccccc1[C@@H](NS(=O)(=O)C(F)(F)F)[C@H](NS(=O)(=O)C(F)(F)F)c1ccccc1[N+](=O)[O-]. The van der Waals surface area contributed by atoms with Gasteiger partial charge in [-0.2, -0.15) is 35.8 Å². The van der Waals surface area contributed by atoms with Crippen LogP contribution in [0.15, 0.2) is 48.5 Å². The predicted octanol–water partition coefficient (Wildman–Crippen LogP) is 3.16. The minimum absolute atomic E-state index is 0.630. The van der Waals surface area contributed by atoms with E-state index in [2.05, 4.69) is 0 Å². The van der Waals surface area contributed by atoms with Gasteiger partial charge in [0.15, 0.2) is 0 Å². The van der Waals surface area contributed by atoms with Crippen molar-refractivity contribution in [3.8, 4) is 0 Å². The molecule has 0 fully saturated rings. The number of nitro benzene ring substituents is 2. The molecule has 0 aliphatic heterocycles. The molecule has 0 bridgehead atoms. The number of nitro groups is 2. The molecule has 36 heavy (non-hydrogen) atoms. The molecule has 12 nitrogen and oxygen atoms in total. The smallest absolute Gasteiger partial charge is 0.258 e. The standard InChI is InChI=1S/C16H12F6N4O8S2/c17-15(18,19)35(31,32)23-13(9-5-1-3-7-11(9)25(27)28)14(24-36(33,34)16(20,21)22)10-6-2-4-8-12(10)26(29)30/h1-8,13-14,23-24H/t13-,14-/m1/s1. The molecule has 0 saturated carbocycles. The van der Waals surface area contributed by atoms with Gasteiger partial charge in [-0.25, -0.2) is 16.8 Å². The van der Waals surface area contributed by atoms with E-state index in [1.54, 1.807) is 0 Å². The van der Waals surface area contributed by atoms with Gasteiger partial charge in [-0.1, -0.05) is 36.4 Å². The fourth-order valence-corrected chi connectivity index (χ4v) is 4.39. The van der Waals surface area contributed by atoms with Crippen LogP contribution < -0.4 is 9.44 Å². The number of sulfonamides is 2. The number of alkyl halides is 6. The number of benzene rings is 2. The zero-order valence-electron chi connectivity index (χ0n) is 17.0. The van der Waals surface area contributed by atoms with Crippen LogP contribution in [0.1, 0.15) is 23.2 Å². The van der Waals surface area contributed by atoms with Gasteiger partial charge >= 0.3 is 31.1 Å². The van der Waals surface area contributed by atoms with Crippen LogP contribution in [0.25, 0.3) is 0 Å². The summed E-state index contributed by atoms with van der Waals surface area (Å²) >= 11 is 0. The molecule has 2 aromatic rings. The Morgan fingerprint density at radius 3 is 1.17 bits per heavy atom. The molecule has 2 atom stereocenters. The molecule has 2 aromatic carbocycles. The van der Waals surface area contributed by atoms with Crippen molar-refractivity contribution in [2.24, 2.45) is 0 Å². The lowest BCUT2D eigenvalue weighted by atomic mass is 9.92. The van der Waals surface area contributed by atoms with Crippen molar-refractivity contribution in [1.82, 2.24) is 9.44 Å². The van der Waals surface area contributed by atoms with Crippen LogP contribution in [0.4, 0.5) is 37.7 Å². The summed E-state index contributed by atoms with van der Waals surface area (Å²) in [5, 5.41) is 22.9. The van der Waals surface area contributed by atoms with E-state index in [1.807, 2.05) is 0 Å². The molecule has 0 heterocycles. The van der Waals surface area contributed by atoms with Crippen LogP contribution in [0.5, 0.6) is 0 Å². The van der Waals surface area contributed by atoms with Crippen molar-refractivity contribution in [2.45, 2.75) is 23.1 Å². The van der Waals surface area contributed by atoms with Gasteiger partial charge < -0.3 is 0 Å². The molecule has 2 rings (SSSR count). The minimum Gasteiger partial charge on any atom is -0.258 e. The first kappa shape index (κ1) is 28.9. The summed E-state index contributed by atoms with van der Waals surface area (Å²) in [5.41, 5.74) is -16.6. The predicted molar refractivity (Wildman–Crippen MR) is 108 cm³/mol. The highest BCUT2D eigenvalue weighted by Gasteiger charge is 2.52. The molecular weight excluding hydrogens is 554 g/mol. The summed E-state index contributed by atoms with van der Waals surface area (Å²) in [6.07, 6.45) is 0. The molecule has 20 heteroatoms. The summed E-state index contributed by atoms with van der Waals surface area (Å²) in [6, 6.07) is 0.646. The van der Waals surface area contributed by atoms with Crippen molar-refractivity contribution in [1.29, 1.82) is 0 Å². The van der Waals surface area contributed by atoms with Gasteiger partial charge in [0.25, 0.3) is 11.4 Å². The summed E-state index contributed by atoms with van der Waals surface area (Å²) in [4.78, 5) is 20.4. The third-order valence-corrected chi connectivity index (χ3v) is 6.79. The van der Waals surface area contributed by atoms with Crippen molar-refractivity contribution >= 4 is 31.4 Å². The van der Waals surface area contributed by atoms with Crippen LogP contribution in [0.2, 0.25) is 0 Å². The second-order valence-electron chi connectivity index (χ2n) is 6.72. The van der Waals surface area contributed by atoms with Gasteiger partial charge in [0.2, 0.25) is 0 Å². The van der Waals surface area contributed by atoms with Crippen LogP contribution in [-0.4, -0.2) is 37.7 Å². The van der Waals surface area contributed by atoms with Gasteiger partial charge in [0, 0.05) is 23.3 Å². The van der Waals surface area contributed by atoms with Crippen LogP contribution in [0.3, 0.4) is 0 Å². The Balaban J connectivity index is 2.98. The molecule has 0 radical (unpaired) electrons. The molecule has 0 unspecified atom stereocenters. The Labute approximate surface area is 197 Å². The first-order chi connectivity index (χ1) is 16.3. The summed E-state index contributed by atoms with van der Waals surface area (Å²) < 4.78 is 128. The maximum absolute atomic E-state index is 13.2. The fourth-order valence-electron chi connectivity index (χ4n) is 2.92. The number of hydrogen-bond donors (Lipinski definition) is 2. The lowest BCUT2D eigenvalue weighted by Crippen LogP contribution is -2.47. The molecule has 0 aliphatic rings. The average molecular weight is 566 g/mol. The van der Waals surface area contributed by atoms with E-state index >= 15 is 0 Å². The Kier molecular flexibility index (Phi) is 7.98. The first-order valence-corrected chi connectivity index (χ1v) is 11.9. The Bertz CT molecular complexity index is 1270. The molecule has 0 aliphatic carbocycles. The van der Waals surface area contributed by atoms with E-state index < -0.39 is 75.5 Å². The van der Waals surface area contributed by atoms with E-state index in [-0.39, 0.29) is 0 Å².